The second-order valence-corrected chi connectivity index (χ2v) is 5.77. The van der Waals surface area contributed by atoms with Gasteiger partial charge in [-0.25, -0.2) is 0 Å². The van der Waals surface area contributed by atoms with Crippen LogP contribution in [0.1, 0.15) is 17.3 Å². The molecular weight excluding hydrogens is 320 g/mol. The lowest BCUT2D eigenvalue weighted by Crippen LogP contribution is -2.42. The second kappa shape index (κ2) is 8.93. The van der Waals surface area contributed by atoms with Crippen LogP contribution in [0.25, 0.3) is 0 Å². The van der Waals surface area contributed by atoms with Gasteiger partial charge in [-0.15, -0.1) is 0 Å². The summed E-state index contributed by atoms with van der Waals surface area (Å²) in [6.07, 6.45) is 5.79. The Morgan fingerprint density at radius 2 is 2.16 bits per heavy atom. The molecule has 0 saturated carbocycles. The van der Waals surface area contributed by atoms with E-state index in [1.54, 1.807) is 49.3 Å². The Kier molecular flexibility index (Phi) is 6.64. The van der Waals surface area contributed by atoms with Crippen molar-refractivity contribution in [1.29, 1.82) is 0 Å². The third kappa shape index (κ3) is 5.39. The standard InChI is InChI=1S/C17H24N6O2/c1-18-16(13-10-21-23(3)12-13)17(25)20-11-15(24)22(2)9-7-14-6-4-5-8-19-14/h4-6,8,10,12,16,18H,7,9,11H2,1-3H3,(H,20,25). The van der Waals surface area contributed by atoms with Crippen LogP contribution >= 0.6 is 0 Å². The van der Waals surface area contributed by atoms with Gasteiger partial charge >= 0.3 is 0 Å². The Morgan fingerprint density at radius 1 is 1.36 bits per heavy atom. The summed E-state index contributed by atoms with van der Waals surface area (Å²) in [5, 5.41) is 9.67. The summed E-state index contributed by atoms with van der Waals surface area (Å²) in [4.78, 5) is 30.3. The molecule has 0 aromatic carbocycles. The van der Waals surface area contributed by atoms with E-state index >= 15 is 0 Å². The van der Waals surface area contributed by atoms with Gasteiger partial charge in [0.1, 0.15) is 6.04 Å². The quantitative estimate of drug-likeness (QED) is 0.697. The highest BCUT2D eigenvalue weighted by atomic mass is 16.2. The van der Waals surface area contributed by atoms with Crippen LogP contribution in [0.15, 0.2) is 36.8 Å². The van der Waals surface area contributed by atoms with Crippen molar-refractivity contribution in [3.8, 4) is 0 Å². The highest BCUT2D eigenvalue weighted by Crippen LogP contribution is 2.10. The van der Waals surface area contributed by atoms with Gasteiger partial charge in [-0.05, 0) is 19.2 Å². The summed E-state index contributed by atoms with van der Waals surface area (Å²) >= 11 is 0. The zero-order valence-corrected chi connectivity index (χ0v) is 14.8. The van der Waals surface area contributed by atoms with Crippen LogP contribution in [0.5, 0.6) is 0 Å². The van der Waals surface area contributed by atoms with Crippen LogP contribution in [0.3, 0.4) is 0 Å². The molecule has 0 bridgehead atoms. The van der Waals surface area contributed by atoms with Gasteiger partial charge < -0.3 is 15.5 Å². The zero-order valence-electron chi connectivity index (χ0n) is 14.8. The lowest BCUT2D eigenvalue weighted by molar-refractivity contribution is -0.132. The van der Waals surface area contributed by atoms with E-state index in [0.717, 1.165) is 11.3 Å². The molecular formula is C17H24N6O2. The Balaban J connectivity index is 1.80. The van der Waals surface area contributed by atoms with Crippen LogP contribution in [0.4, 0.5) is 0 Å². The average molecular weight is 344 g/mol. The SMILES string of the molecule is CNC(C(=O)NCC(=O)N(C)CCc1ccccn1)c1cnn(C)c1. The summed E-state index contributed by atoms with van der Waals surface area (Å²) in [6, 6.07) is 5.15. The average Bonchev–Trinajstić information content (AvgIpc) is 3.05. The first-order valence-corrected chi connectivity index (χ1v) is 8.08. The van der Waals surface area contributed by atoms with Gasteiger partial charge in [-0.1, -0.05) is 6.07 Å². The Morgan fingerprint density at radius 3 is 2.76 bits per heavy atom. The maximum Gasteiger partial charge on any atom is 0.242 e. The van der Waals surface area contributed by atoms with Crippen LogP contribution in [0.2, 0.25) is 0 Å². The predicted octanol–water partition coefficient (Wildman–Crippen LogP) is -0.107. The molecule has 0 fully saturated rings. The van der Waals surface area contributed by atoms with E-state index < -0.39 is 6.04 Å². The first-order chi connectivity index (χ1) is 12.0. The first-order valence-electron chi connectivity index (χ1n) is 8.08. The van der Waals surface area contributed by atoms with E-state index in [2.05, 4.69) is 20.7 Å². The predicted molar refractivity (Wildman–Crippen MR) is 93.6 cm³/mol. The van der Waals surface area contributed by atoms with Crippen molar-refractivity contribution in [2.24, 2.45) is 7.05 Å². The number of nitrogens with zero attached hydrogens (tertiary/aromatic N) is 4. The number of pyridine rings is 1. The molecule has 2 aromatic rings. The van der Waals surface area contributed by atoms with E-state index in [4.69, 9.17) is 0 Å². The zero-order chi connectivity index (χ0) is 18.2. The summed E-state index contributed by atoms with van der Waals surface area (Å²) in [5.74, 6) is -0.410. The molecule has 0 spiro atoms. The number of nitrogens with one attached hydrogen (secondary N) is 2. The summed E-state index contributed by atoms with van der Waals surface area (Å²) < 4.78 is 1.63. The molecule has 0 radical (unpaired) electrons. The maximum absolute atomic E-state index is 12.3. The van der Waals surface area contributed by atoms with Crippen molar-refractivity contribution in [3.05, 3.63) is 48.0 Å². The third-order valence-corrected chi connectivity index (χ3v) is 3.88. The summed E-state index contributed by atoms with van der Waals surface area (Å²) in [5.41, 5.74) is 1.68. The number of rotatable bonds is 8. The van der Waals surface area contributed by atoms with Gasteiger partial charge in [0.15, 0.2) is 0 Å². The molecule has 8 heteroatoms. The Hall–Kier alpha value is -2.74. The number of aryl methyl sites for hydroxylation is 1. The lowest BCUT2D eigenvalue weighted by Gasteiger charge is -2.19. The smallest absolute Gasteiger partial charge is 0.242 e. The van der Waals surface area contributed by atoms with E-state index in [9.17, 15) is 9.59 Å². The van der Waals surface area contributed by atoms with Gasteiger partial charge in [0.2, 0.25) is 11.8 Å². The van der Waals surface area contributed by atoms with E-state index in [0.29, 0.717) is 13.0 Å². The van der Waals surface area contributed by atoms with Crippen molar-refractivity contribution >= 4 is 11.8 Å². The molecule has 0 aliphatic rings. The fourth-order valence-electron chi connectivity index (χ4n) is 2.39. The van der Waals surface area contributed by atoms with Crippen LogP contribution in [-0.2, 0) is 23.1 Å². The molecule has 25 heavy (non-hydrogen) atoms. The van der Waals surface area contributed by atoms with E-state index in [1.807, 2.05) is 18.2 Å². The minimum absolute atomic E-state index is 0.0456. The van der Waals surface area contributed by atoms with Gasteiger partial charge in [0, 0.05) is 50.7 Å². The molecule has 2 amide bonds. The van der Waals surface area contributed by atoms with Crippen LogP contribution in [-0.4, -0.2) is 58.7 Å². The van der Waals surface area contributed by atoms with Gasteiger partial charge in [-0.2, -0.15) is 5.10 Å². The first kappa shape index (κ1) is 18.6. The molecule has 2 N–H and O–H groups in total. The molecule has 2 heterocycles. The fourth-order valence-corrected chi connectivity index (χ4v) is 2.39. The topological polar surface area (TPSA) is 92.2 Å². The number of carbonyl (C=O) groups is 2. The number of hydrogen-bond donors (Lipinski definition) is 2. The van der Waals surface area contributed by atoms with Crippen molar-refractivity contribution in [2.75, 3.05) is 27.2 Å². The summed E-state index contributed by atoms with van der Waals surface area (Å²) in [6.45, 7) is 0.500. The van der Waals surface area contributed by atoms with Gasteiger partial charge in [0.05, 0.1) is 12.7 Å². The largest absolute Gasteiger partial charge is 0.345 e. The molecule has 134 valence electrons. The number of aromatic nitrogens is 3. The van der Waals surface area contributed by atoms with E-state index in [1.165, 1.54) is 0 Å². The van der Waals surface area contributed by atoms with Crippen molar-refractivity contribution < 1.29 is 9.59 Å². The van der Waals surface area contributed by atoms with Crippen molar-refractivity contribution in [1.82, 2.24) is 30.3 Å². The van der Waals surface area contributed by atoms with Gasteiger partial charge in [0.25, 0.3) is 0 Å². The molecule has 2 aromatic heterocycles. The normalized spacial score (nSPS) is 11.8. The molecule has 1 atom stereocenters. The lowest BCUT2D eigenvalue weighted by atomic mass is 10.1. The molecule has 2 rings (SSSR count). The second-order valence-electron chi connectivity index (χ2n) is 5.77. The molecule has 1 unspecified atom stereocenters. The number of hydrogen-bond acceptors (Lipinski definition) is 5. The van der Waals surface area contributed by atoms with Crippen molar-refractivity contribution in [3.63, 3.8) is 0 Å². The molecule has 0 saturated heterocycles. The molecule has 0 aliphatic carbocycles. The van der Waals surface area contributed by atoms with E-state index in [-0.39, 0.29) is 18.4 Å². The highest BCUT2D eigenvalue weighted by molar-refractivity contribution is 5.88. The monoisotopic (exact) mass is 344 g/mol. The summed E-state index contributed by atoms with van der Waals surface area (Å²) in [7, 11) is 5.19. The molecule has 0 aliphatic heterocycles. The number of likely N-dealkylation sites (N-methyl/N-ethyl adjacent to an activating group) is 2. The highest BCUT2D eigenvalue weighted by Gasteiger charge is 2.21. The Labute approximate surface area is 147 Å². The Bertz CT molecular complexity index is 700. The van der Waals surface area contributed by atoms with Crippen molar-refractivity contribution in [2.45, 2.75) is 12.5 Å². The minimum Gasteiger partial charge on any atom is -0.345 e. The number of amides is 2. The maximum atomic E-state index is 12.3. The number of carbonyl (C=O) groups excluding carboxylic acids is 2. The third-order valence-electron chi connectivity index (χ3n) is 3.88. The minimum atomic E-state index is -0.541. The fraction of sp³-hybridized carbons (Fsp3) is 0.412. The van der Waals surface area contributed by atoms with Crippen LogP contribution in [0, 0.1) is 0 Å². The van der Waals surface area contributed by atoms with Gasteiger partial charge in [-0.3, -0.25) is 19.3 Å². The molecule has 8 nitrogen and oxygen atoms in total. The van der Waals surface area contributed by atoms with Crippen LogP contribution < -0.4 is 10.6 Å².